The number of methoxy groups -OCH3 is 1. The number of amides is 1. The molecule has 0 spiro atoms. The molecule has 0 aliphatic rings. The number of carbonyl (C=O) groups is 2. The van der Waals surface area contributed by atoms with E-state index in [-0.39, 0.29) is 12.4 Å². The fraction of sp³-hybridized carbons (Fsp3) is 0.714. The molecule has 4 nitrogen and oxygen atoms in total. The molecule has 0 fully saturated rings. The molecule has 0 saturated heterocycles. The van der Waals surface area contributed by atoms with Crippen molar-refractivity contribution in [2.75, 3.05) is 13.7 Å². The summed E-state index contributed by atoms with van der Waals surface area (Å²) in [6, 6.07) is 0. The Labute approximate surface area is 66.9 Å². The molecule has 0 atom stereocenters. The van der Waals surface area contributed by atoms with E-state index >= 15 is 0 Å². The smallest absolute Gasteiger partial charge is 0.307 e. The molecule has 0 rings (SSSR count). The first-order valence-corrected chi connectivity index (χ1v) is 3.55. The first-order chi connectivity index (χ1) is 5.31. The highest BCUT2D eigenvalue weighted by Crippen LogP contribution is 1.78. The molecule has 0 aliphatic heterocycles. The van der Waals surface area contributed by atoms with E-state index in [0.717, 1.165) is 0 Å². The minimum Gasteiger partial charge on any atom is -0.469 e. The van der Waals surface area contributed by atoms with Crippen molar-refractivity contribution in [3.63, 3.8) is 0 Å². The molecule has 4 heteroatoms. The molecule has 11 heavy (non-hydrogen) atoms. The highest BCUT2D eigenvalue weighted by atomic mass is 16.5. The van der Waals surface area contributed by atoms with E-state index in [2.05, 4.69) is 10.1 Å². The van der Waals surface area contributed by atoms with Crippen LogP contribution in [-0.4, -0.2) is 26.0 Å². The zero-order valence-corrected chi connectivity index (χ0v) is 7.22. The van der Waals surface area contributed by atoms with Crippen LogP contribution in [0, 0.1) is 0 Å². The van der Waals surface area contributed by atoms with Gasteiger partial charge in [0.25, 0.3) is 0 Å². The summed E-state index contributed by atoms with van der Waals surface area (Å²) in [7, 11) is 1.31. The lowest BCUT2D eigenvalue weighted by Gasteiger charge is -1.95. The summed E-state index contributed by atoms with van der Waals surface area (Å²) in [5.74, 6) is -0.315. The van der Waals surface area contributed by atoms with Gasteiger partial charge in [-0.2, -0.15) is 0 Å². The SMILES string of the molecule is CC.COC(=O)CCNC=O. The first kappa shape index (κ1) is 12.6. The summed E-state index contributed by atoms with van der Waals surface area (Å²) in [5.41, 5.74) is 0. The maximum Gasteiger partial charge on any atom is 0.307 e. The van der Waals surface area contributed by atoms with Gasteiger partial charge < -0.3 is 10.1 Å². The maximum atomic E-state index is 10.3. The topological polar surface area (TPSA) is 55.4 Å². The predicted molar refractivity (Wildman–Crippen MR) is 42.0 cm³/mol. The van der Waals surface area contributed by atoms with Gasteiger partial charge in [-0.25, -0.2) is 0 Å². The zero-order valence-electron chi connectivity index (χ0n) is 7.22. The van der Waals surface area contributed by atoms with E-state index in [0.29, 0.717) is 13.0 Å². The highest BCUT2D eigenvalue weighted by molar-refractivity contribution is 5.69. The largest absolute Gasteiger partial charge is 0.469 e. The molecule has 0 heterocycles. The number of ether oxygens (including phenoxy) is 1. The van der Waals surface area contributed by atoms with Crippen molar-refractivity contribution in [2.24, 2.45) is 0 Å². The van der Waals surface area contributed by atoms with Gasteiger partial charge in [0.05, 0.1) is 13.5 Å². The van der Waals surface area contributed by atoms with Crippen LogP contribution in [0.2, 0.25) is 0 Å². The Morgan fingerprint density at radius 1 is 1.55 bits per heavy atom. The van der Waals surface area contributed by atoms with Gasteiger partial charge >= 0.3 is 5.97 Å². The monoisotopic (exact) mass is 161 g/mol. The summed E-state index contributed by atoms with van der Waals surface area (Å²) in [4.78, 5) is 19.9. The van der Waals surface area contributed by atoms with Crippen molar-refractivity contribution in [1.29, 1.82) is 0 Å². The van der Waals surface area contributed by atoms with Gasteiger partial charge in [0.1, 0.15) is 0 Å². The third kappa shape index (κ3) is 12.2. The average Bonchev–Trinajstić information content (AvgIpc) is 2.08. The number of hydrogen-bond donors (Lipinski definition) is 1. The lowest BCUT2D eigenvalue weighted by atomic mass is 10.4. The Hall–Kier alpha value is -1.06. The Morgan fingerprint density at radius 2 is 2.09 bits per heavy atom. The second-order valence-corrected chi connectivity index (χ2v) is 1.40. The van der Waals surface area contributed by atoms with Crippen LogP contribution in [0.3, 0.4) is 0 Å². The summed E-state index contributed by atoms with van der Waals surface area (Å²) in [5, 5.41) is 2.33. The lowest BCUT2D eigenvalue weighted by molar-refractivity contribution is -0.140. The van der Waals surface area contributed by atoms with Crippen LogP contribution < -0.4 is 5.32 Å². The van der Waals surface area contributed by atoms with Gasteiger partial charge in [0.2, 0.25) is 6.41 Å². The summed E-state index contributed by atoms with van der Waals surface area (Å²) in [6.45, 7) is 4.34. The predicted octanol–water partition coefficient (Wildman–Crippen LogP) is 0.322. The Bertz CT molecular complexity index is 104. The minimum absolute atomic E-state index is 0.231. The number of hydrogen-bond acceptors (Lipinski definition) is 3. The Balaban J connectivity index is 0. The first-order valence-electron chi connectivity index (χ1n) is 3.55. The van der Waals surface area contributed by atoms with Crippen molar-refractivity contribution >= 4 is 12.4 Å². The number of rotatable bonds is 4. The molecular weight excluding hydrogens is 146 g/mol. The second-order valence-electron chi connectivity index (χ2n) is 1.40. The van der Waals surface area contributed by atoms with Crippen LogP contribution in [0.5, 0.6) is 0 Å². The summed E-state index contributed by atoms with van der Waals surface area (Å²) < 4.78 is 4.30. The molecule has 0 radical (unpaired) electrons. The fourth-order valence-electron chi connectivity index (χ4n) is 0.335. The molecule has 0 aliphatic carbocycles. The van der Waals surface area contributed by atoms with E-state index in [1.165, 1.54) is 7.11 Å². The van der Waals surface area contributed by atoms with E-state index < -0.39 is 0 Å². The van der Waals surface area contributed by atoms with Crippen LogP contribution in [0.25, 0.3) is 0 Å². The standard InChI is InChI=1S/C5H9NO3.C2H6/c1-9-5(8)2-3-6-4-7;1-2/h4H,2-3H2,1H3,(H,6,7);1-2H3. The number of carbonyl (C=O) groups excluding carboxylic acids is 2. The van der Waals surface area contributed by atoms with Crippen LogP contribution >= 0.6 is 0 Å². The van der Waals surface area contributed by atoms with E-state index in [1.54, 1.807) is 0 Å². The Kier molecular flexibility index (Phi) is 13.4. The molecule has 1 N–H and O–H groups in total. The fourth-order valence-corrected chi connectivity index (χ4v) is 0.335. The molecule has 0 aromatic rings. The van der Waals surface area contributed by atoms with Crippen LogP contribution in [0.4, 0.5) is 0 Å². The molecular formula is C7H15NO3. The van der Waals surface area contributed by atoms with Crippen molar-refractivity contribution in [1.82, 2.24) is 5.32 Å². The van der Waals surface area contributed by atoms with Gasteiger partial charge in [-0.3, -0.25) is 9.59 Å². The minimum atomic E-state index is -0.315. The van der Waals surface area contributed by atoms with E-state index in [9.17, 15) is 9.59 Å². The van der Waals surface area contributed by atoms with Crippen molar-refractivity contribution in [2.45, 2.75) is 20.3 Å². The number of esters is 1. The van der Waals surface area contributed by atoms with E-state index in [1.807, 2.05) is 13.8 Å². The van der Waals surface area contributed by atoms with Crippen molar-refractivity contribution < 1.29 is 14.3 Å². The normalized spacial score (nSPS) is 7.18. The third-order valence-corrected chi connectivity index (χ3v) is 0.784. The van der Waals surface area contributed by atoms with Gasteiger partial charge in [0, 0.05) is 6.54 Å². The molecule has 0 bridgehead atoms. The highest BCUT2D eigenvalue weighted by Gasteiger charge is 1.95. The van der Waals surface area contributed by atoms with Gasteiger partial charge in [-0.1, -0.05) is 13.8 Å². The molecule has 0 unspecified atom stereocenters. The third-order valence-electron chi connectivity index (χ3n) is 0.784. The molecule has 0 aromatic carbocycles. The molecule has 1 amide bonds. The quantitative estimate of drug-likeness (QED) is 0.367. The van der Waals surface area contributed by atoms with Gasteiger partial charge in [-0.05, 0) is 0 Å². The zero-order chi connectivity index (χ0) is 9.11. The van der Waals surface area contributed by atoms with Gasteiger partial charge in [-0.15, -0.1) is 0 Å². The molecule has 0 aromatic heterocycles. The molecule has 0 saturated carbocycles. The van der Waals surface area contributed by atoms with Crippen LogP contribution in [-0.2, 0) is 14.3 Å². The summed E-state index contributed by atoms with van der Waals surface area (Å²) >= 11 is 0. The van der Waals surface area contributed by atoms with Crippen LogP contribution in [0.15, 0.2) is 0 Å². The van der Waals surface area contributed by atoms with Crippen molar-refractivity contribution in [3.8, 4) is 0 Å². The average molecular weight is 161 g/mol. The van der Waals surface area contributed by atoms with Crippen LogP contribution in [0.1, 0.15) is 20.3 Å². The van der Waals surface area contributed by atoms with Gasteiger partial charge in [0.15, 0.2) is 0 Å². The second kappa shape index (κ2) is 11.7. The lowest BCUT2D eigenvalue weighted by Crippen LogP contribution is -2.16. The number of nitrogens with one attached hydrogen (secondary N) is 1. The van der Waals surface area contributed by atoms with Crippen molar-refractivity contribution in [3.05, 3.63) is 0 Å². The Morgan fingerprint density at radius 3 is 2.45 bits per heavy atom. The summed E-state index contributed by atoms with van der Waals surface area (Å²) in [6.07, 6.45) is 0.776. The maximum absolute atomic E-state index is 10.3. The van der Waals surface area contributed by atoms with E-state index in [4.69, 9.17) is 0 Å². The molecule has 66 valence electrons.